The number of ether oxygens (including phenoxy) is 1. The first kappa shape index (κ1) is 22.1. The molecule has 1 fully saturated rings. The number of likely N-dealkylation sites (tertiary alicyclic amines) is 1. The summed E-state index contributed by atoms with van der Waals surface area (Å²) >= 11 is 0. The van der Waals surface area contributed by atoms with E-state index < -0.39 is 0 Å². The fourth-order valence-corrected chi connectivity index (χ4v) is 4.34. The van der Waals surface area contributed by atoms with Gasteiger partial charge in [0.05, 0.1) is 0 Å². The van der Waals surface area contributed by atoms with E-state index in [1.165, 1.54) is 11.1 Å². The van der Waals surface area contributed by atoms with Crippen LogP contribution in [0.1, 0.15) is 30.9 Å². The van der Waals surface area contributed by atoms with Gasteiger partial charge in [0, 0.05) is 25.6 Å². The normalized spacial score (nSPS) is 14.8. The van der Waals surface area contributed by atoms with Crippen molar-refractivity contribution in [2.45, 2.75) is 32.9 Å². The number of carbonyl (C=O) groups is 1. The lowest BCUT2D eigenvalue weighted by Crippen LogP contribution is -2.42. The minimum absolute atomic E-state index is 0.127. The number of hydrogen-bond acceptors (Lipinski definition) is 3. The maximum atomic E-state index is 13.1. The van der Waals surface area contributed by atoms with E-state index in [2.05, 4.69) is 36.1 Å². The van der Waals surface area contributed by atoms with Gasteiger partial charge in [-0.2, -0.15) is 0 Å². The lowest BCUT2D eigenvalue weighted by Gasteiger charge is -2.34. The Hall–Kier alpha value is -3.11. The summed E-state index contributed by atoms with van der Waals surface area (Å²) in [7, 11) is 0. The predicted molar refractivity (Wildman–Crippen MR) is 128 cm³/mol. The number of hydrogen-bond donors (Lipinski definition) is 0. The quantitative estimate of drug-likeness (QED) is 0.459. The fourth-order valence-electron chi connectivity index (χ4n) is 4.34. The zero-order valence-electron chi connectivity index (χ0n) is 18.8. The summed E-state index contributed by atoms with van der Waals surface area (Å²) in [5.74, 6) is 2.13. The largest absolute Gasteiger partial charge is 0.457 e. The number of rotatable bonds is 8. The van der Waals surface area contributed by atoms with Crippen molar-refractivity contribution >= 4 is 5.91 Å². The summed E-state index contributed by atoms with van der Waals surface area (Å²) in [6.45, 7) is 6.30. The second kappa shape index (κ2) is 11.0. The first-order chi connectivity index (χ1) is 15.7. The van der Waals surface area contributed by atoms with Crippen molar-refractivity contribution in [1.29, 1.82) is 0 Å². The molecular formula is C28H32N2O2. The number of para-hydroxylation sites is 1. The Morgan fingerprint density at radius 2 is 1.50 bits per heavy atom. The standard InChI is InChI=1S/C28H32N2O2/c1-2-30(22-23-10-5-3-6-11-23)28(31)25-16-18-29(19-17-25)21-24-12-9-15-27(20-24)32-26-13-7-4-8-14-26/h3-15,20,25H,2,16-19,21-22H2,1H3. The molecule has 1 saturated heterocycles. The van der Waals surface area contributed by atoms with Crippen LogP contribution in [0.5, 0.6) is 11.5 Å². The molecule has 0 saturated carbocycles. The highest BCUT2D eigenvalue weighted by Crippen LogP contribution is 2.25. The highest BCUT2D eigenvalue weighted by molar-refractivity contribution is 5.79. The van der Waals surface area contributed by atoms with Crippen molar-refractivity contribution < 1.29 is 9.53 Å². The number of carbonyl (C=O) groups excluding carboxylic acids is 1. The van der Waals surface area contributed by atoms with Gasteiger partial charge in [-0.15, -0.1) is 0 Å². The van der Waals surface area contributed by atoms with Gasteiger partial charge in [0.25, 0.3) is 0 Å². The van der Waals surface area contributed by atoms with Crippen LogP contribution in [0.3, 0.4) is 0 Å². The molecule has 1 amide bonds. The molecule has 0 atom stereocenters. The Balaban J connectivity index is 1.29. The lowest BCUT2D eigenvalue weighted by atomic mass is 9.94. The molecule has 0 spiro atoms. The van der Waals surface area contributed by atoms with E-state index >= 15 is 0 Å². The van der Waals surface area contributed by atoms with Crippen LogP contribution in [0.4, 0.5) is 0 Å². The van der Waals surface area contributed by atoms with Crippen molar-refractivity contribution in [3.8, 4) is 11.5 Å². The molecule has 1 aliphatic heterocycles. The molecule has 0 aromatic heterocycles. The average Bonchev–Trinajstić information content (AvgIpc) is 2.84. The molecule has 0 radical (unpaired) electrons. The van der Waals surface area contributed by atoms with Gasteiger partial charge in [0.15, 0.2) is 0 Å². The molecule has 1 heterocycles. The van der Waals surface area contributed by atoms with Crippen LogP contribution < -0.4 is 4.74 Å². The number of nitrogens with zero attached hydrogens (tertiary/aromatic N) is 2. The third-order valence-electron chi connectivity index (χ3n) is 6.13. The van der Waals surface area contributed by atoms with Gasteiger partial charge >= 0.3 is 0 Å². The number of benzene rings is 3. The van der Waals surface area contributed by atoms with E-state index in [9.17, 15) is 4.79 Å². The Kier molecular flexibility index (Phi) is 7.57. The van der Waals surface area contributed by atoms with E-state index in [1.807, 2.05) is 65.6 Å². The third kappa shape index (κ3) is 5.98. The zero-order valence-corrected chi connectivity index (χ0v) is 18.8. The molecule has 3 aromatic carbocycles. The number of piperidine rings is 1. The minimum atomic E-state index is 0.127. The SMILES string of the molecule is CCN(Cc1ccccc1)C(=O)C1CCN(Cc2cccc(Oc3ccccc3)c2)CC1. The van der Waals surface area contributed by atoms with Gasteiger partial charge in [-0.3, -0.25) is 9.69 Å². The second-order valence-corrected chi connectivity index (χ2v) is 8.45. The summed E-state index contributed by atoms with van der Waals surface area (Å²) < 4.78 is 5.98. The molecule has 32 heavy (non-hydrogen) atoms. The van der Waals surface area contributed by atoms with Crippen LogP contribution in [-0.4, -0.2) is 35.3 Å². The van der Waals surface area contributed by atoms with E-state index in [-0.39, 0.29) is 5.92 Å². The Morgan fingerprint density at radius 1 is 0.875 bits per heavy atom. The van der Waals surface area contributed by atoms with E-state index in [1.54, 1.807) is 0 Å². The fraction of sp³-hybridized carbons (Fsp3) is 0.321. The molecule has 4 rings (SSSR count). The summed E-state index contributed by atoms with van der Waals surface area (Å²) in [6, 6.07) is 28.4. The van der Waals surface area contributed by atoms with Crippen LogP contribution in [0.15, 0.2) is 84.9 Å². The Labute approximate surface area is 191 Å². The van der Waals surface area contributed by atoms with Gasteiger partial charge < -0.3 is 9.64 Å². The predicted octanol–water partition coefficient (Wildman–Crippen LogP) is 5.74. The van der Waals surface area contributed by atoms with Crippen LogP contribution in [0.2, 0.25) is 0 Å². The van der Waals surface area contributed by atoms with Gasteiger partial charge in [-0.25, -0.2) is 0 Å². The monoisotopic (exact) mass is 428 g/mol. The molecule has 0 unspecified atom stereocenters. The lowest BCUT2D eigenvalue weighted by molar-refractivity contribution is -0.137. The second-order valence-electron chi connectivity index (χ2n) is 8.45. The van der Waals surface area contributed by atoms with E-state index in [4.69, 9.17) is 4.74 Å². The highest BCUT2D eigenvalue weighted by atomic mass is 16.5. The third-order valence-corrected chi connectivity index (χ3v) is 6.13. The molecule has 3 aromatic rings. The van der Waals surface area contributed by atoms with Crippen LogP contribution in [0, 0.1) is 5.92 Å². The first-order valence-electron chi connectivity index (χ1n) is 11.6. The summed E-state index contributed by atoms with van der Waals surface area (Å²) in [5.41, 5.74) is 2.43. The van der Waals surface area contributed by atoms with Crippen molar-refractivity contribution in [3.63, 3.8) is 0 Å². The van der Waals surface area contributed by atoms with Crippen LogP contribution in [0.25, 0.3) is 0 Å². The Morgan fingerprint density at radius 3 is 2.19 bits per heavy atom. The van der Waals surface area contributed by atoms with Crippen molar-refractivity contribution in [3.05, 3.63) is 96.1 Å². The van der Waals surface area contributed by atoms with Gasteiger partial charge in [-0.1, -0.05) is 60.7 Å². The zero-order chi connectivity index (χ0) is 22.2. The van der Waals surface area contributed by atoms with Crippen LogP contribution >= 0.6 is 0 Å². The van der Waals surface area contributed by atoms with E-state index in [0.717, 1.165) is 50.5 Å². The molecule has 4 nitrogen and oxygen atoms in total. The van der Waals surface area contributed by atoms with Crippen molar-refractivity contribution in [2.24, 2.45) is 5.92 Å². The minimum Gasteiger partial charge on any atom is -0.457 e. The highest BCUT2D eigenvalue weighted by Gasteiger charge is 2.28. The molecule has 1 aliphatic rings. The molecule has 0 N–H and O–H groups in total. The molecule has 4 heteroatoms. The summed E-state index contributed by atoms with van der Waals surface area (Å²) in [5, 5.41) is 0. The van der Waals surface area contributed by atoms with Crippen LogP contribution in [-0.2, 0) is 17.9 Å². The smallest absolute Gasteiger partial charge is 0.226 e. The summed E-state index contributed by atoms with van der Waals surface area (Å²) in [4.78, 5) is 17.6. The molecule has 166 valence electrons. The summed E-state index contributed by atoms with van der Waals surface area (Å²) in [6.07, 6.45) is 1.84. The molecule has 0 aliphatic carbocycles. The number of amides is 1. The van der Waals surface area contributed by atoms with Gasteiger partial charge in [-0.05, 0) is 68.2 Å². The van der Waals surface area contributed by atoms with Gasteiger partial charge in [0.1, 0.15) is 11.5 Å². The molecular weight excluding hydrogens is 396 g/mol. The van der Waals surface area contributed by atoms with Crippen molar-refractivity contribution in [2.75, 3.05) is 19.6 Å². The molecule has 0 bridgehead atoms. The van der Waals surface area contributed by atoms with E-state index in [0.29, 0.717) is 12.5 Å². The van der Waals surface area contributed by atoms with Gasteiger partial charge in [0.2, 0.25) is 5.91 Å². The maximum absolute atomic E-state index is 13.1. The first-order valence-corrected chi connectivity index (χ1v) is 11.6. The maximum Gasteiger partial charge on any atom is 0.226 e. The van der Waals surface area contributed by atoms with Crippen molar-refractivity contribution in [1.82, 2.24) is 9.80 Å². The average molecular weight is 429 g/mol. The topological polar surface area (TPSA) is 32.8 Å². The Bertz CT molecular complexity index is 983.